The van der Waals surface area contributed by atoms with E-state index < -0.39 is 53.7 Å². The fraction of sp³-hybridized carbons (Fsp3) is 0.520. The zero-order chi connectivity index (χ0) is 30.0. The summed E-state index contributed by atoms with van der Waals surface area (Å²) in [6.07, 6.45) is -0.0448. The zero-order valence-corrected chi connectivity index (χ0v) is 23.5. The van der Waals surface area contributed by atoms with Gasteiger partial charge in [-0.15, -0.1) is 11.8 Å². The van der Waals surface area contributed by atoms with E-state index in [1.54, 1.807) is 19.2 Å². The van der Waals surface area contributed by atoms with Crippen LogP contribution < -0.4 is 27.4 Å². The molecule has 1 rings (SSSR count). The maximum absolute atomic E-state index is 12.5. The van der Waals surface area contributed by atoms with Crippen LogP contribution in [0.25, 0.3) is 0 Å². The number of carboxylic acid groups (broad SMARTS) is 1. The number of aliphatic hydroxyl groups is 1. The number of carbonyl (C=O) groups excluding carboxylic acids is 4. The molecule has 3 amide bonds. The molecule has 0 aliphatic heterocycles. The maximum Gasteiger partial charge on any atom is 0.321 e. The Labute approximate surface area is 232 Å². The number of hydrogen-bond acceptors (Lipinski definition) is 9. The smallest absolute Gasteiger partial charge is 0.321 e. The first-order valence-corrected chi connectivity index (χ1v) is 13.4. The van der Waals surface area contributed by atoms with E-state index in [0.717, 1.165) is 17.3 Å². The second-order valence-corrected chi connectivity index (χ2v) is 9.24. The second kappa shape index (κ2) is 19.6. The number of thioether (sulfide) groups is 1. The van der Waals surface area contributed by atoms with Crippen LogP contribution in [-0.2, 0) is 30.5 Å². The van der Waals surface area contributed by atoms with Crippen molar-refractivity contribution in [2.75, 3.05) is 19.4 Å². The van der Waals surface area contributed by atoms with Crippen molar-refractivity contribution in [2.45, 2.75) is 63.5 Å². The molecule has 0 heterocycles. The number of nitrogens with zero attached hydrogens (tertiary/aromatic N) is 1. The monoisotopic (exact) mass is 568 g/mol. The molecule has 9 N–H and O–H groups in total. The molecule has 0 bridgehead atoms. The summed E-state index contributed by atoms with van der Waals surface area (Å²) in [4.78, 5) is 62.6. The predicted molar refractivity (Wildman–Crippen MR) is 150 cm³/mol. The largest absolute Gasteiger partial charge is 0.480 e. The van der Waals surface area contributed by atoms with Crippen LogP contribution >= 0.6 is 11.8 Å². The molecule has 0 fully saturated rings. The predicted octanol–water partition coefficient (Wildman–Crippen LogP) is -0.537. The summed E-state index contributed by atoms with van der Waals surface area (Å²) in [5.41, 5.74) is 12.3. The van der Waals surface area contributed by atoms with E-state index in [2.05, 4.69) is 20.9 Å². The molecule has 4 atom stereocenters. The Morgan fingerprint density at radius 1 is 1.13 bits per heavy atom. The molecule has 0 saturated carbocycles. The van der Waals surface area contributed by atoms with Crippen LogP contribution in [0, 0.1) is 0 Å². The van der Waals surface area contributed by atoms with Crippen LogP contribution in [0.1, 0.15) is 50.0 Å². The number of amides is 3. The van der Waals surface area contributed by atoms with Gasteiger partial charge >= 0.3 is 5.97 Å². The third-order valence-corrected chi connectivity index (χ3v) is 6.29. The Morgan fingerprint density at radius 2 is 1.77 bits per heavy atom. The summed E-state index contributed by atoms with van der Waals surface area (Å²) < 4.78 is 0. The number of aliphatic carboxylic acids is 1. The minimum atomic E-state index is -1.30. The Bertz CT molecular complexity index is 991. The van der Waals surface area contributed by atoms with Crippen molar-refractivity contribution in [3.8, 4) is 0 Å². The summed E-state index contributed by atoms with van der Waals surface area (Å²) in [5.74, 6) is -3.10. The zero-order valence-electron chi connectivity index (χ0n) is 22.7. The minimum absolute atomic E-state index is 0.0975. The van der Waals surface area contributed by atoms with Crippen LogP contribution in [0.2, 0.25) is 0 Å². The molecule has 0 spiro atoms. The minimum Gasteiger partial charge on any atom is -0.480 e. The van der Waals surface area contributed by atoms with Crippen LogP contribution in [0.4, 0.5) is 0 Å². The van der Waals surface area contributed by atoms with Gasteiger partial charge in [-0.25, -0.2) is 0 Å². The number of aldehydes is 1. The molecular weight excluding hydrogens is 528 g/mol. The van der Waals surface area contributed by atoms with E-state index in [9.17, 15) is 34.2 Å². The number of nitrogens with two attached hydrogens (primary N) is 2. The fourth-order valence-electron chi connectivity index (χ4n) is 3.19. The van der Waals surface area contributed by atoms with Gasteiger partial charge in [0.2, 0.25) is 17.7 Å². The number of nitrogens with one attached hydrogen (secondary N) is 3. The fourth-order valence-corrected chi connectivity index (χ4v) is 4.28. The van der Waals surface area contributed by atoms with Gasteiger partial charge in [0.25, 0.3) is 0 Å². The molecule has 1 aromatic carbocycles. The molecular formula is C25H40N6O7S. The Morgan fingerprint density at radius 3 is 2.31 bits per heavy atom. The highest BCUT2D eigenvalue weighted by Gasteiger charge is 2.25. The second-order valence-electron chi connectivity index (χ2n) is 8.03. The third-order valence-electron chi connectivity index (χ3n) is 5.06. The van der Waals surface area contributed by atoms with Gasteiger partial charge in [-0.05, 0) is 25.1 Å². The summed E-state index contributed by atoms with van der Waals surface area (Å²) in [7, 11) is 1.76. The molecule has 0 aliphatic rings. The van der Waals surface area contributed by atoms with Crippen LogP contribution in [-0.4, -0.2) is 83.6 Å². The number of rotatable bonds is 17. The van der Waals surface area contributed by atoms with Gasteiger partial charge in [0.05, 0.1) is 19.1 Å². The average molecular weight is 569 g/mol. The molecule has 218 valence electrons. The number of aliphatic hydroxyl groups excluding tert-OH is 1. The van der Waals surface area contributed by atoms with Crippen molar-refractivity contribution in [3.05, 3.63) is 35.4 Å². The lowest BCUT2D eigenvalue weighted by atomic mass is 10.0. The van der Waals surface area contributed by atoms with E-state index in [1.807, 2.05) is 26.0 Å². The van der Waals surface area contributed by atoms with Gasteiger partial charge in [0.15, 0.2) is 0 Å². The molecule has 0 saturated heterocycles. The van der Waals surface area contributed by atoms with Gasteiger partial charge in [0, 0.05) is 18.7 Å². The highest BCUT2D eigenvalue weighted by Crippen LogP contribution is 2.32. The van der Waals surface area contributed by atoms with Gasteiger partial charge in [-0.1, -0.05) is 38.1 Å². The van der Waals surface area contributed by atoms with Crippen LogP contribution in [0.15, 0.2) is 29.3 Å². The molecule has 0 aromatic heterocycles. The summed E-state index contributed by atoms with van der Waals surface area (Å²) in [6.45, 7) is 5.25. The van der Waals surface area contributed by atoms with Crippen molar-refractivity contribution in [2.24, 2.45) is 16.5 Å². The van der Waals surface area contributed by atoms with Gasteiger partial charge in [-0.3, -0.25) is 24.2 Å². The van der Waals surface area contributed by atoms with E-state index >= 15 is 0 Å². The lowest BCUT2D eigenvalue weighted by molar-refractivity contribution is -0.136. The highest BCUT2D eigenvalue weighted by atomic mass is 32.2. The van der Waals surface area contributed by atoms with Crippen LogP contribution in [0.5, 0.6) is 0 Å². The van der Waals surface area contributed by atoms with Gasteiger partial charge < -0.3 is 42.4 Å². The Kier molecular flexibility index (Phi) is 17.8. The first-order chi connectivity index (χ1) is 18.5. The quantitative estimate of drug-likeness (QED) is 0.0721. The number of carbonyl (C=O) groups is 5. The first kappa shape index (κ1) is 35.5. The van der Waals surface area contributed by atoms with Crippen molar-refractivity contribution in [1.29, 1.82) is 0 Å². The molecule has 13 nitrogen and oxygen atoms in total. The average Bonchev–Trinajstić information content (AvgIpc) is 2.90. The summed E-state index contributed by atoms with van der Waals surface area (Å²) in [5, 5.41) is 26.2. The Hall–Kier alpha value is -3.49. The number of benzene rings is 1. The third kappa shape index (κ3) is 13.2. The number of primary amides is 1. The van der Waals surface area contributed by atoms with Crippen molar-refractivity contribution in [3.63, 3.8) is 0 Å². The number of aliphatic imine (C=N–C) groups is 1. The number of hydrogen-bond donors (Lipinski definition) is 7. The molecule has 39 heavy (non-hydrogen) atoms. The summed E-state index contributed by atoms with van der Waals surface area (Å²) >= 11 is 1.08. The molecule has 2 unspecified atom stereocenters. The van der Waals surface area contributed by atoms with Crippen molar-refractivity contribution in [1.82, 2.24) is 16.0 Å². The van der Waals surface area contributed by atoms with Gasteiger partial charge in [0.1, 0.15) is 29.5 Å². The standard InChI is InChI=1S/C23H34N6O7S.C2H6/c1-13(21(25)28-15(11-30)9-18(24)32)27-22(34)17(12-31)29-19(33)7-8-37-20(23(35)36)16-6-4-3-5-14(16)10-26-2;1-2/h3-6,11,13,15,17,20,26,31H,7-10,12H2,1-2H3,(H2,24,32)(H2,25,28)(H,27,34)(H,29,33)(H,35,36);1-2H3/t13-,15-,17?,20?;/m0./s1. The normalized spacial score (nSPS) is 14.0. The van der Waals surface area contributed by atoms with E-state index in [4.69, 9.17) is 11.5 Å². The van der Waals surface area contributed by atoms with Crippen molar-refractivity contribution >= 4 is 47.6 Å². The lowest BCUT2D eigenvalue weighted by Gasteiger charge is -2.20. The topological polar surface area (TPSA) is 226 Å². The SMILES string of the molecule is CC.CNCc1ccccc1C(SCCC(=O)NC(CO)C(=O)N[C@@H](C)C(N)=N[C@H](C=O)CC(N)=O)C(=O)O. The van der Waals surface area contributed by atoms with Crippen LogP contribution in [0.3, 0.4) is 0 Å². The van der Waals surface area contributed by atoms with E-state index in [1.165, 1.54) is 6.92 Å². The molecule has 14 heteroatoms. The Balaban J connectivity index is 0.00000704. The number of carboxylic acids is 1. The molecule has 0 aliphatic carbocycles. The number of amidine groups is 1. The molecule has 0 radical (unpaired) electrons. The maximum atomic E-state index is 12.5. The first-order valence-electron chi connectivity index (χ1n) is 12.4. The highest BCUT2D eigenvalue weighted by molar-refractivity contribution is 8.00. The van der Waals surface area contributed by atoms with E-state index in [-0.39, 0.29) is 24.4 Å². The van der Waals surface area contributed by atoms with Gasteiger partial charge in [-0.2, -0.15) is 0 Å². The summed E-state index contributed by atoms with van der Waals surface area (Å²) in [6, 6.07) is 3.85. The lowest BCUT2D eigenvalue weighted by Crippen LogP contribution is -2.53. The van der Waals surface area contributed by atoms with E-state index in [0.29, 0.717) is 18.4 Å². The van der Waals surface area contributed by atoms with Crippen molar-refractivity contribution < 1.29 is 34.2 Å². The molecule has 1 aromatic rings.